The van der Waals surface area contributed by atoms with E-state index in [2.05, 4.69) is 34.4 Å². The summed E-state index contributed by atoms with van der Waals surface area (Å²) in [5, 5.41) is 6.31. The second-order valence-electron chi connectivity index (χ2n) is 11.2. The predicted octanol–water partition coefficient (Wildman–Crippen LogP) is 5.02. The molecule has 1 aromatic heterocycles. The molecule has 4 aromatic rings. The van der Waals surface area contributed by atoms with E-state index >= 15 is 0 Å². The Morgan fingerprint density at radius 3 is 2.60 bits per heavy atom. The molecule has 0 radical (unpaired) electrons. The molecule has 45 heavy (non-hydrogen) atoms. The van der Waals surface area contributed by atoms with Gasteiger partial charge in [0, 0.05) is 41.8 Å². The minimum absolute atomic E-state index is 0.0572. The van der Waals surface area contributed by atoms with Crippen molar-refractivity contribution in [3.8, 4) is 16.3 Å². The van der Waals surface area contributed by atoms with Crippen molar-refractivity contribution in [3.63, 3.8) is 0 Å². The van der Waals surface area contributed by atoms with Gasteiger partial charge in [0.1, 0.15) is 10.8 Å². The summed E-state index contributed by atoms with van der Waals surface area (Å²) in [5.41, 5.74) is 1.30. The predicted molar refractivity (Wildman–Crippen MR) is 172 cm³/mol. The Balaban J connectivity index is 1.02. The van der Waals surface area contributed by atoms with Crippen LogP contribution in [0.4, 0.5) is 5.69 Å². The fraction of sp³-hybridized carbons (Fsp3) is 0.303. The Kier molecular flexibility index (Phi) is 8.99. The molecule has 1 fully saturated rings. The first-order valence-electron chi connectivity index (χ1n) is 14.8. The van der Waals surface area contributed by atoms with Crippen LogP contribution in [-0.2, 0) is 21.1 Å². The van der Waals surface area contributed by atoms with E-state index in [4.69, 9.17) is 9.47 Å². The number of morpholine rings is 1. The van der Waals surface area contributed by atoms with E-state index in [1.165, 1.54) is 41.7 Å². The number of sulfone groups is 1. The van der Waals surface area contributed by atoms with E-state index in [9.17, 15) is 18.0 Å². The number of carbonyl (C=O) groups is 2. The molecule has 2 amide bonds. The molecular formula is C33H34N4O6S2. The zero-order chi connectivity index (χ0) is 31.6. The largest absolute Gasteiger partial charge is 0.494 e. The standard InChI is InChI=1S/C33H34N4O6S2/c1-21-19-37(20-22(2)43-21)14-5-15-42-25-11-8-23(9-12-25)33-35-18-26(44-33)17-34-31(38)24-10-13-30-28(16-24)36-32(39)27-6-3-4-7-29(27)45(30,40)41/h3-4,6-13,16,18,21-22H,5,14-15,17,19-20H2,1-2H3,(H,34,38)(H,36,39)/t21-,22-/m0/s1. The number of fused-ring (bicyclic) bond motifs is 2. The number of ether oxygens (including phenoxy) is 2. The number of carbonyl (C=O) groups excluding carboxylic acids is 2. The van der Waals surface area contributed by atoms with E-state index in [-0.39, 0.29) is 45.4 Å². The zero-order valence-electron chi connectivity index (χ0n) is 25.0. The highest BCUT2D eigenvalue weighted by Gasteiger charge is 2.31. The molecule has 12 heteroatoms. The molecule has 3 heterocycles. The number of thiazole rings is 1. The second-order valence-corrected chi connectivity index (χ2v) is 14.2. The topological polar surface area (TPSA) is 127 Å². The van der Waals surface area contributed by atoms with Crippen molar-refractivity contribution < 1.29 is 27.5 Å². The molecule has 3 aromatic carbocycles. The molecule has 2 aliphatic heterocycles. The van der Waals surface area contributed by atoms with Gasteiger partial charge in [-0.25, -0.2) is 13.4 Å². The van der Waals surface area contributed by atoms with Crippen LogP contribution >= 0.6 is 11.3 Å². The third-order valence-corrected chi connectivity index (χ3v) is 10.6. The van der Waals surface area contributed by atoms with Crippen LogP contribution in [0.1, 0.15) is 45.9 Å². The Labute approximate surface area is 266 Å². The van der Waals surface area contributed by atoms with E-state index in [1.807, 2.05) is 24.3 Å². The highest BCUT2D eigenvalue weighted by atomic mass is 32.2. The van der Waals surface area contributed by atoms with Crippen molar-refractivity contribution in [2.75, 3.05) is 31.6 Å². The Morgan fingerprint density at radius 1 is 1.07 bits per heavy atom. The van der Waals surface area contributed by atoms with Gasteiger partial charge in [-0.3, -0.25) is 14.5 Å². The molecule has 1 saturated heterocycles. The summed E-state index contributed by atoms with van der Waals surface area (Å²) < 4.78 is 38.2. The van der Waals surface area contributed by atoms with E-state index in [0.717, 1.165) is 47.3 Å². The lowest BCUT2D eigenvalue weighted by Gasteiger charge is -2.35. The number of hydrogen-bond acceptors (Lipinski definition) is 9. The maximum absolute atomic E-state index is 13.2. The van der Waals surface area contributed by atoms with Gasteiger partial charge in [0.2, 0.25) is 9.84 Å². The summed E-state index contributed by atoms with van der Waals surface area (Å²) >= 11 is 1.47. The first-order valence-corrected chi connectivity index (χ1v) is 17.1. The van der Waals surface area contributed by atoms with Gasteiger partial charge in [0.15, 0.2) is 0 Å². The number of anilines is 1. The fourth-order valence-corrected chi connectivity index (χ4v) is 8.08. The number of hydrogen-bond donors (Lipinski definition) is 2. The van der Waals surface area contributed by atoms with E-state index in [0.29, 0.717) is 6.61 Å². The average molecular weight is 647 g/mol. The number of nitrogens with one attached hydrogen (secondary N) is 2. The van der Waals surface area contributed by atoms with Gasteiger partial charge in [-0.05, 0) is 74.9 Å². The highest BCUT2D eigenvalue weighted by Crippen LogP contribution is 2.34. The lowest BCUT2D eigenvalue weighted by molar-refractivity contribution is -0.0686. The normalized spacial score (nSPS) is 19.1. The lowest BCUT2D eigenvalue weighted by atomic mass is 10.1. The summed E-state index contributed by atoms with van der Waals surface area (Å²) in [6.45, 7) is 7.99. The van der Waals surface area contributed by atoms with Gasteiger partial charge >= 0.3 is 0 Å². The number of rotatable bonds is 9. The highest BCUT2D eigenvalue weighted by molar-refractivity contribution is 7.91. The van der Waals surface area contributed by atoms with Crippen LogP contribution in [0.3, 0.4) is 0 Å². The third kappa shape index (κ3) is 6.94. The van der Waals surface area contributed by atoms with Crippen LogP contribution in [0.5, 0.6) is 5.75 Å². The van der Waals surface area contributed by atoms with Gasteiger partial charge in [-0.1, -0.05) is 12.1 Å². The summed E-state index contributed by atoms with van der Waals surface area (Å²) in [6.07, 6.45) is 3.18. The van der Waals surface area contributed by atoms with Crippen LogP contribution in [0.2, 0.25) is 0 Å². The minimum Gasteiger partial charge on any atom is -0.494 e. The molecule has 2 atom stereocenters. The van der Waals surface area contributed by atoms with E-state index in [1.54, 1.807) is 18.3 Å². The minimum atomic E-state index is -3.94. The Morgan fingerprint density at radius 2 is 1.82 bits per heavy atom. The molecule has 0 saturated carbocycles. The fourth-order valence-electron chi connectivity index (χ4n) is 5.63. The van der Waals surface area contributed by atoms with Crippen molar-refractivity contribution in [1.82, 2.24) is 15.2 Å². The Hall–Kier alpha value is -4.10. The quantitative estimate of drug-likeness (QED) is 0.243. The zero-order valence-corrected chi connectivity index (χ0v) is 26.6. The maximum Gasteiger partial charge on any atom is 0.257 e. The smallest absolute Gasteiger partial charge is 0.257 e. The molecule has 0 unspecified atom stereocenters. The van der Waals surface area contributed by atoms with Crippen LogP contribution in [0.25, 0.3) is 10.6 Å². The molecule has 10 nitrogen and oxygen atoms in total. The van der Waals surface area contributed by atoms with Crippen molar-refractivity contribution in [2.45, 2.75) is 48.8 Å². The summed E-state index contributed by atoms with van der Waals surface area (Å²) in [7, 11) is -3.94. The molecular weight excluding hydrogens is 613 g/mol. The van der Waals surface area contributed by atoms with Crippen molar-refractivity contribution in [1.29, 1.82) is 0 Å². The summed E-state index contributed by atoms with van der Waals surface area (Å²) in [6, 6.07) is 18.0. The van der Waals surface area contributed by atoms with Crippen molar-refractivity contribution >= 4 is 38.7 Å². The van der Waals surface area contributed by atoms with Crippen LogP contribution in [-0.4, -0.2) is 68.6 Å². The SMILES string of the molecule is C[C@H]1CN(CCCOc2ccc(-c3ncc(CNC(=O)c4ccc5c(c4)NC(=O)c4ccccc4S5(=O)=O)s3)cc2)C[C@H](C)O1. The average Bonchev–Trinajstić information content (AvgIpc) is 3.48. The van der Waals surface area contributed by atoms with Crippen LogP contribution < -0.4 is 15.4 Å². The van der Waals surface area contributed by atoms with Gasteiger partial charge in [-0.15, -0.1) is 11.3 Å². The van der Waals surface area contributed by atoms with Gasteiger partial charge in [-0.2, -0.15) is 0 Å². The third-order valence-electron chi connectivity index (χ3n) is 7.66. The Bertz CT molecular complexity index is 1810. The number of nitrogens with zero attached hydrogens (tertiary/aromatic N) is 2. The summed E-state index contributed by atoms with van der Waals surface area (Å²) in [5.74, 6) is -0.143. The van der Waals surface area contributed by atoms with Gasteiger partial charge in [0.05, 0.1) is 46.4 Å². The van der Waals surface area contributed by atoms with Crippen molar-refractivity contribution in [3.05, 3.63) is 88.9 Å². The first kappa shape index (κ1) is 30.9. The summed E-state index contributed by atoms with van der Waals surface area (Å²) in [4.78, 5) is 33.4. The molecule has 234 valence electrons. The van der Waals surface area contributed by atoms with Gasteiger partial charge in [0.25, 0.3) is 11.8 Å². The van der Waals surface area contributed by atoms with Crippen LogP contribution in [0.15, 0.2) is 82.7 Å². The molecule has 2 N–H and O–H groups in total. The monoisotopic (exact) mass is 646 g/mol. The lowest BCUT2D eigenvalue weighted by Crippen LogP contribution is -2.45. The molecule has 6 rings (SSSR count). The first-order chi connectivity index (χ1) is 21.7. The number of amides is 2. The number of aromatic nitrogens is 1. The maximum atomic E-state index is 13.2. The van der Waals surface area contributed by atoms with Crippen molar-refractivity contribution in [2.24, 2.45) is 0 Å². The van der Waals surface area contributed by atoms with Gasteiger partial charge < -0.3 is 20.1 Å². The molecule has 2 aliphatic rings. The molecule has 0 bridgehead atoms. The molecule has 0 spiro atoms. The van der Waals surface area contributed by atoms with E-state index < -0.39 is 21.7 Å². The second kappa shape index (κ2) is 13.1. The van der Waals surface area contributed by atoms with Crippen LogP contribution in [0, 0.1) is 0 Å². The number of benzene rings is 3. The molecule has 0 aliphatic carbocycles.